The van der Waals surface area contributed by atoms with Gasteiger partial charge in [-0.05, 0) is 38.3 Å². The van der Waals surface area contributed by atoms with Crippen molar-refractivity contribution in [2.75, 3.05) is 6.54 Å². The fraction of sp³-hybridized carbons (Fsp3) is 0.421. The van der Waals surface area contributed by atoms with E-state index in [1.807, 2.05) is 38.1 Å². The van der Waals surface area contributed by atoms with Gasteiger partial charge in [0.25, 0.3) is 5.91 Å². The van der Waals surface area contributed by atoms with Crippen LogP contribution in [0.25, 0.3) is 0 Å². The molecule has 7 nitrogen and oxygen atoms in total. The number of carbonyl (C=O) groups excluding carboxylic acids is 2. The van der Waals surface area contributed by atoms with Crippen molar-refractivity contribution in [2.45, 2.75) is 45.1 Å². The van der Waals surface area contributed by atoms with Gasteiger partial charge >= 0.3 is 6.03 Å². The van der Waals surface area contributed by atoms with E-state index in [4.69, 9.17) is 0 Å². The van der Waals surface area contributed by atoms with Gasteiger partial charge in [0.1, 0.15) is 6.54 Å². The molecule has 3 N–H and O–H groups in total. The highest BCUT2D eigenvalue weighted by atomic mass is 16.2. The summed E-state index contributed by atoms with van der Waals surface area (Å²) in [5, 5.41) is 7.10. The molecule has 3 amide bonds. The van der Waals surface area contributed by atoms with Crippen molar-refractivity contribution in [1.29, 1.82) is 0 Å². The molecular weight excluding hydrogens is 330 g/mol. The van der Waals surface area contributed by atoms with Crippen molar-refractivity contribution >= 4 is 11.9 Å². The average Bonchev–Trinajstić information content (AvgIpc) is 2.90. The van der Waals surface area contributed by atoms with Gasteiger partial charge < -0.3 is 5.32 Å². The molecule has 1 aliphatic carbocycles. The first-order chi connectivity index (χ1) is 12.5. The molecule has 0 aliphatic heterocycles. The Bertz CT molecular complexity index is 780. The van der Waals surface area contributed by atoms with Crippen LogP contribution in [0.2, 0.25) is 0 Å². The quantitative estimate of drug-likeness (QED) is 0.717. The second kappa shape index (κ2) is 7.59. The Labute approximate surface area is 153 Å². The second-order valence-corrected chi connectivity index (χ2v) is 6.94. The van der Waals surface area contributed by atoms with Gasteiger partial charge in [-0.15, -0.1) is 0 Å². The molecule has 0 spiro atoms. The number of hydrogen-bond donors (Lipinski definition) is 3. The number of aryl methyl sites for hydroxylation is 2. The molecule has 3 rings (SSSR count). The van der Waals surface area contributed by atoms with Crippen molar-refractivity contribution in [3.63, 3.8) is 0 Å². The summed E-state index contributed by atoms with van der Waals surface area (Å²) in [5.41, 5.74) is 7.84. The lowest BCUT2D eigenvalue weighted by molar-refractivity contribution is -0.122. The minimum Gasteiger partial charge on any atom is -0.336 e. The van der Waals surface area contributed by atoms with Crippen LogP contribution in [0.1, 0.15) is 36.2 Å². The van der Waals surface area contributed by atoms with Gasteiger partial charge in [0.2, 0.25) is 0 Å². The topological polar surface area (TPSA) is 88.0 Å². The minimum absolute atomic E-state index is 0.00626. The minimum atomic E-state index is -0.408. The Balaban J connectivity index is 1.45. The van der Waals surface area contributed by atoms with Crippen LogP contribution >= 0.6 is 0 Å². The van der Waals surface area contributed by atoms with E-state index in [1.54, 1.807) is 4.68 Å². The number of hydrazine groups is 1. The Kier molecular flexibility index (Phi) is 5.25. The summed E-state index contributed by atoms with van der Waals surface area (Å²) in [7, 11) is 0. The van der Waals surface area contributed by atoms with Crippen molar-refractivity contribution < 1.29 is 9.59 Å². The predicted octanol–water partition coefficient (Wildman–Crippen LogP) is 1.95. The van der Waals surface area contributed by atoms with Crippen LogP contribution in [0.5, 0.6) is 0 Å². The van der Waals surface area contributed by atoms with E-state index in [2.05, 4.69) is 33.4 Å². The summed E-state index contributed by atoms with van der Waals surface area (Å²) in [6.07, 6.45) is 3.28. The van der Waals surface area contributed by atoms with Crippen LogP contribution < -0.4 is 16.2 Å². The maximum atomic E-state index is 12.0. The van der Waals surface area contributed by atoms with Gasteiger partial charge in [-0.2, -0.15) is 5.10 Å². The van der Waals surface area contributed by atoms with Crippen LogP contribution in [0.4, 0.5) is 4.79 Å². The molecule has 0 radical (unpaired) electrons. The second-order valence-electron chi connectivity index (χ2n) is 6.94. The van der Waals surface area contributed by atoms with Crippen molar-refractivity contribution in [3.05, 3.63) is 53.3 Å². The zero-order valence-corrected chi connectivity index (χ0v) is 15.2. The molecule has 1 aromatic heterocycles. The number of amides is 3. The first kappa shape index (κ1) is 18.0. The number of urea groups is 1. The maximum absolute atomic E-state index is 12.0. The van der Waals surface area contributed by atoms with E-state index in [-0.39, 0.29) is 17.9 Å². The van der Waals surface area contributed by atoms with E-state index in [0.717, 1.165) is 30.7 Å². The molecular formula is C19H25N5O2. The van der Waals surface area contributed by atoms with Crippen molar-refractivity contribution in [1.82, 2.24) is 25.9 Å². The summed E-state index contributed by atoms with van der Waals surface area (Å²) in [6.45, 7) is 4.37. The Hall–Kier alpha value is -2.83. The van der Waals surface area contributed by atoms with Crippen LogP contribution in [-0.4, -0.2) is 28.3 Å². The van der Waals surface area contributed by atoms with Gasteiger partial charge in [0.15, 0.2) is 0 Å². The molecule has 1 saturated carbocycles. The van der Waals surface area contributed by atoms with Crippen LogP contribution in [0, 0.1) is 13.8 Å². The molecule has 7 heteroatoms. The molecule has 0 unspecified atom stereocenters. The molecule has 1 aromatic carbocycles. The molecule has 1 heterocycles. The molecule has 0 saturated heterocycles. The van der Waals surface area contributed by atoms with E-state index in [0.29, 0.717) is 6.54 Å². The van der Waals surface area contributed by atoms with Gasteiger partial charge in [-0.1, -0.05) is 36.8 Å². The highest BCUT2D eigenvalue weighted by Gasteiger charge is 2.38. The molecule has 0 bridgehead atoms. The third kappa shape index (κ3) is 4.04. The van der Waals surface area contributed by atoms with Crippen LogP contribution in [-0.2, 0) is 16.8 Å². The highest BCUT2D eigenvalue weighted by Crippen LogP contribution is 2.43. The Morgan fingerprint density at radius 2 is 1.88 bits per heavy atom. The molecule has 2 aromatic rings. The molecule has 1 fully saturated rings. The summed E-state index contributed by atoms with van der Waals surface area (Å²) >= 11 is 0. The molecule has 138 valence electrons. The lowest BCUT2D eigenvalue weighted by Crippen LogP contribution is -2.52. The van der Waals surface area contributed by atoms with Gasteiger partial charge in [0.05, 0.1) is 5.69 Å². The van der Waals surface area contributed by atoms with E-state index < -0.39 is 6.03 Å². The Morgan fingerprint density at radius 1 is 1.15 bits per heavy atom. The van der Waals surface area contributed by atoms with E-state index in [9.17, 15) is 9.59 Å². The summed E-state index contributed by atoms with van der Waals surface area (Å²) < 4.78 is 1.60. The number of nitrogens with zero attached hydrogens (tertiary/aromatic N) is 2. The molecule has 26 heavy (non-hydrogen) atoms. The number of nitrogens with one attached hydrogen (secondary N) is 3. The number of carbonyl (C=O) groups is 2. The SMILES string of the molecule is Cc1cc(C)n(CC(=O)NNC(=O)NCC2(c3ccccc3)CCC2)n1. The fourth-order valence-electron chi connectivity index (χ4n) is 3.39. The lowest BCUT2D eigenvalue weighted by Gasteiger charge is -2.42. The van der Waals surface area contributed by atoms with Crippen LogP contribution in [0.15, 0.2) is 36.4 Å². The number of benzene rings is 1. The summed E-state index contributed by atoms with van der Waals surface area (Å²) in [5.74, 6) is -0.326. The monoisotopic (exact) mass is 355 g/mol. The standard InChI is InChI=1S/C19H25N5O2/c1-14-11-15(2)24(23-14)12-17(25)21-22-18(26)20-13-19(9-6-10-19)16-7-4-3-5-8-16/h3-5,7-8,11H,6,9-10,12-13H2,1-2H3,(H,21,25)(H2,20,22,26). The van der Waals surface area contributed by atoms with Crippen molar-refractivity contribution in [3.8, 4) is 0 Å². The maximum Gasteiger partial charge on any atom is 0.333 e. The first-order valence-corrected chi connectivity index (χ1v) is 8.88. The first-order valence-electron chi connectivity index (χ1n) is 8.88. The number of rotatable bonds is 5. The van der Waals surface area contributed by atoms with Gasteiger partial charge in [-0.25, -0.2) is 10.2 Å². The third-order valence-electron chi connectivity index (χ3n) is 5.00. The average molecular weight is 355 g/mol. The summed E-state index contributed by atoms with van der Waals surface area (Å²) in [4.78, 5) is 24.0. The zero-order chi connectivity index (χ0) is 18.6. The third-order valence-corrected chi connectivity index (χ3v) is 5.00. The fourth-order valence-corrected chi connectivity index (χ4v) is 3.39. The predicted molar refractivity (Wildman–Crippen MR) is 98.3 cm³/mol. The van der Waals surface area contributed by atoms with E-state index >= 15 is 0 Å². The van der Waals surface area contributed by atoms with E-state index in [1.165, 1.54) is 5.56 Å². The molecule has 1 aliphatic rings. The Morgan fingerprint density at radius 3 is 2.46 bits per heavy atom. The molecule has 0 atom stereocenters. The van der Waals surface area contributed by atoms with Crippen molar-refractivity contribution in [2.24, 2.45) is 0 Å². The largest absolute Gasteiger partial charge is 0.336 e. The number of hydrogen-bond acceptors (Lipinski definition) is 3. The number of aromatic nitrogens is 2. The highest BCUT2D eigenvalue weighted by molar-refractivity contribution is 5.81. The van der Waals surface area contributed by atoms with Crippen LogP contribution in [0.3, 0.4) is 0 Å². The van der Waals surface area contributed by atoms with Gasteiger partial charge in [-0.3, -0.25) is 14.9 Å². The van der Waals surface area contributed by atoms with Gasteiger partial charge in [0, 0.05) is 17.7 Å². The lowest BCUT2D eigenvalue weighted by atomic mass is 9.64. The summed E-state index contributed by atoms with van der Waals surface area (Å²) in [6, 6.07) is 11.7. The zero-order valence-electron chi connectivity index (χ0n) is 15.2. The smallest absolute Gasteiger partial charge is 0.333 e. The normalized spacial score (nSPS) is 15.0.